The van der Waals surface area contributed by atoms with E-state index in [2.05, 4.69) is 32.7 Å². The second kappa shape index (κ2) is 4.70. The van der Waals surface area contributed by atoms with Crippen molar-refractivity contribution >= 4 is 21.8 Å². The van der Waals surface area contributed by atoms with Gasteiger partial charge in [0.05, 0.1) is 0 Å². The maximum absolute atomic E-state index is 12.6. The van der Waals surface area contributed by atoms with Crippen LogP contribution in [0.5, 0.6) is 0 Å². The molecule has 0 bridgehead atoms. The summed E-state index contributed by atoms with van der Waals surface area (Å²) in [5.41, 5.74) is 0.832. The first-order valence-corrected chi connectivity index (χ1v) is 7.35. The van der Waals surface area contributed by atoms with Gasteiger partial charge in [0, 0.05) is 42.4 Å². The largest absolute Gasteiger partial charge is 0.339 e. The summed E-state index contributed by atoms with van der Waals surface area (Å²) in [4.78, 5) is 14.6. The zero-order chi connectivity index (χ0) is 12.7. The third-order valence-electron chi connectivity index (χ3n) is 3.74. The molecule has 18 heavy (non-hydrogen) atoms. The summed E-state index contributed by atoms with van der Waals surface area (Å²) >= 11 is 3.48. The fourth-order valence-electron chi connectivity index (χ4n) is 2.56. The molecule has 1 saturated carbocycles. The van der Waals surface area contributed by atoms with E-state index >= 15 is 0 Å². The third-order valence-corrected chi connectivity index (χ3v) is 4.17. The van der Waals surface area contributed by atoms with E-state index in [1.54, 1.807) is 0 Å². The molecule has 0 unspecified atom stereocenters. The van der Waals surface area contributed by atoms with Crippen molar-refractivity contribution in [1.29, 1.82) is 0 Å². The number of nitrogens with zero attached hydrogens (tertiary/aromatic N) is 2. The highest BCUT2D eigenvalue weighted by molar-refractivity contribution is 9.10. The van der Waals surface area contributed by atoms with Gasteiger partial charge in [-0.1, -0.05) is 0 Å². The summed E-state index contributed by atoms with van der Waals surface area (Å²) in [6.07, 6.45) is 4.43. The van der Waals surface area contributed by atoms with Gasteiger partial charge in [0.25, 0.3) is 5.91 Å². The SMILES string of the molecule is C[C@H]1CNCCN1C(=O)c1cc(Br)cn1C1CC1. The summed E-state index contributed by atoms with van der Waals surface area (Å²) in [5, 5.41) is 3.32. The monoisotopic (exact) mass is 311 g/mol. The van der Waals surface area contributed by atoms with Gasteiger partial charge in [-0.15, -0.1) is 0 Å². The van der Waals surface area contributed by atoms with Crippen molar-refractivity contribution in [2.45, 2.75) is 31.8 Å². The van der Waals surface area contributed by atoms with Crippen molar-refractivity contribution in [3.63, 3.8) is 0 Å². The summed E-state index contributed by atoms with van der Waals surface area (Å²) in [7, 11) is 0. The highest BCUT2D eigenvalue weighted by atomic mass is 79.9. The Balaban J connectivity index is 1.86. The number of piperazine rings is 1. The van der Waals surface area contributed by atoms with E-state index in [9.17, 15) is 4.79 Å². The Morgan fingerprint density at radius 3 is 2.94 bits per heavy atom. The van der Waals surface area contributed by atoms with Gasteiger partial charge in [0.2, 0.25) is 0 Å². The highest BCUT2D eigenvalue weighted by Crippen LogP contribution is 2.37. The molecule has 4 nitrogen and oxygen atoms in total. The van der Waals surface area contributed by atoms with E-state index in [1.165, 1.54) is 12.8 Å². The molecule has 0 radical (unpaired) electrons. The number of halogens is 1. The third kappa shape index (κ3) is 2.21. The molecular weight excluding hydrogens is 294 g/mol. The van der Waals surface area contributed by atoms with Crippen molar-refractivity contribution in [1.82, 2.24) is 14.8 Å². The Labute approximate surface area is 115 Å². The molecule has 98 valence electrons. The van der Waals surface area contributed by atoms with E-state index in [-0.39, 0.29) is 11.9 Å². The standard InChI is InChI=1S/C13H18BrN3O/c1-9-7-15-4-5-16(9)13(18)12-6-10(14)8-17(12)11-2-3-11/h6,8-9,11,15H,2-5,7H2,1H3/t9-/m0/s1. The van der Waals surface area contributed by atoms with Crippen molar-refractivity contribution < 1.29 is 4.79 Å². The van der Waals surface area contributed by atoms with E-state index in [4.69, 9.17) is 0 Å². The maximum Gasteiger partial charge on any atom is 0.270 e. The average molecular weight is 312 g/mol. The van der Waals surface area contributed by atoms with Gasteiger partial charge in [0.15, 0.2) is 0 Å². The van der Waals surface area contributed by atoms with Gasteiger partial charge < -0.3 is 14.8 Å². The lowest BCUT2D eigenvalue weighted by Gasteiger charge is -2.34. The number of nitrogens with one attached hydrogen (secondary N) is 1. The molecule has 1 aromatic rings. The van der Waals surface area contributed by atoms with Crippen molar-refractivity contribution in [2.24, 2.45) is 0 Å². The van der Waals surface area contributed by atoms with E-state index < -0.39 is 0 Å². The number of carbonyl (C=O) groups is 1. The molecule has 2 aliphatic rings. The molecule has 0 spiro atoms. The van der Waals surface area contributed by atoms with Gasteiger partial charge in [-0.3, -0.25) is 4.79 Å². The van der Waals surface area contributed by atoms with Gasteiger partial charge in [-0.25, -0.2) is 0 Å². The first-order valence-electron chi connectivity index (χ1n) is 6.56. The van der Waals surface area contributed by atoms with E-state index in [1.807, 2.05) is 17.2 Å². The molecule has 1 atom stereocenters. The first-order chi connectivity index (χ1) is 8.66. The van der Waals surface area contributed by atoms with Crippen LogP contribution in [0.3, 0.4) is 0 Å². The molecule has 2 fully saturated rings. The number of amides is 1. The van der Waals surface area contributed by atoms with Crippen molar-refractivity contribution in [2.75, 3.05) is 19.6 Å². The second-order valence-corrected chi connectivity index (χ2v) is 6.15. The number of rotatable bonds is 2. The lowest BCUT2D eigenvalue weighted by atomic mass is 10.2. The smallest absolute Gasteiger partial charge is 0.270 e. The Morgan fingerprint density at radius 2 is 2.28 bits per heavy atom. The minimum absolute atomic E-state index is 0.168. The Hall–Kier alpha value is -0.810. The van der Waals surface area contributed by atoms with Gasteiger partial charge in [-0.05, 0) is 41.8 Å². The molecule has 1 aliphatic heterocycles. The molecular formula is C13H18BrN3O. The van der Waals surface area contributed by atoms with E-state index in [0.717, 1.165) is 29.8 Å². The molecule has 1 aliphatic carbocycles. The van der Waals surface area contributed by atoms with Crippen LogP contribution in [-0.4, -0.2) is 41.1 Å². The van der Waals surface area contributed by atoms with Crippen LogP contribution in [0.15, 0.2) is 16.7 Å². The molecule has 3 rings (SSSR count). The Kier molecular flexibility index (Phi) is 3.20. The van der Waals surface area contributed by atoms with Crippen molar-refractivity contribution in [3.05, 3.63) is 22.4 Å². The zero-order valence-corrected chi connectivity index (χ0v) is 12.1. The van der Waals surface area contributed by atoms with E-state index in [0.29, 0.717) is 6.04 Å². The van der Waals surface area contributed by atoms with Crippen LogP contribution in [0.4, 0.5) is 0 Å². The predicted molar refractivity (Wildman–Crippen MR) is 73.8 cm³/mol. The molecule has 1 amide bonds. The first kappa shape index (κ1) is 12.2. The summed E-state index contributed by atoms with van der Waals surface area (Å²) < 4.78 is 3.14. The van der Waals surface area contributed by atoms with Crippen LogP contribution in [-0.2, 0) is 0 Å². The maximum atomic E-state index is 12.6. The van der Waals surface area contributed by atoms with Crippen molar-refractivity contribution in [3.8, 4) is 0 Å². The molecule has 0 aromatic carbocycles. The van der Waals surface area contributed by atoms with Gasteiger partial charge >= 0.3 is 0 Å². The fraction of sp³-hybridized carbons (Fsp3) is 0.615. The zero-order valence-electron chi connectivity index (χ0n) is 10.5. The van der Waals surface area contributed by atoms with Crippen LogP contribution < -0.4 is 5.32 Å². The van der Waals surface area contributed by atoms with Crippen LogP contribution >= 0.6 is 15.9 Å². The molecule has 2 heterocycles. The molecule has 5 heteroatoms. The summed E-state index contributed by atoms with van der Waals surface area (Å²) in [5.74, 6) is 0.168. The topological polar surface area (TPSA) is 37.3 Å². The molecule has 1 N–H and O–H groups in total. The number of hydrogen-bond acceptors (Lipinski definition) is 2. The quantitative estimate of drug-likeness (QED) is 0.907. The second-order valence-electron chi connectivity index (χ2n) is 5.23. The highest BCUT2D eigenvalue weighted by Gasteiger charge is 2.31. The fourth-order valence-corrected chi connectivity index (χ4v) is 3.00. The number of carbonyl (C=O) groups excluding carboxylic acids is 1. The van der Waals surface area contributed by atoms with Crippen LogP contribution in [0.25, 0.3) is 0 Å². The molecule has 1 aromatic heterocycles. The predicted octanol–water partition coefficient (Wildman–Crippen LogP) is 2.02. The summed E-state index contributed by atoms with van der Waals surface area (Å²) in [6.45, 7) is 4.68. The van der Waals surface area contributed by atoms with Gasteiger partial charge in [0.1, 0.15) is 5.69 Å². The normalized spacial score (nSPS) is 24.3. The van der Waals surface area contributed by atoms with Gasteiger partial charge in [-0.2, -0.15) is 0 Å². The average Bonchev–Trinajstić information content (AvgIpc) is 3.12. The Morgan fingerprint density at radius 1 is 1.50 bits per heavy atom. The van der Waals surface area contributed by atoms with Crippen LogP contribution in [0.2, 0.25) is 0 Å². The number of aromatic nitrogens is 1. The summed E-state index contributed by atoms with van der Waals surface area (Å²) in [6, 6.07) is 2.76. The minimum Gasteiger partial charge on any atom is -0.339 e. The lowest BCUT2D eigenvalue weighted by molar-refractivity contribution is 0.0644. The molecule has 1 saturated heterocycles. The minimum atomic E-state index is 0.168. The van der Waals surface area contributed by atoms with Crippen LogP contribution in [0, 0.1) is 0 Å². The lowest BCUT2D eigenvalue weighted by Crippen LogP contribution is -2.52. The number of hydrogen-bond donors (Lipinski definition) is 1. The van der Waals surface area contributed by atoms with Crippen LogP contribution in [0.1, 0.15) is 36.3 Å². The Bertz CT molecular complexity index is 467.